The van der Waals surface area contributed by atoms with Crippen molar-refractivity contribution >= 4 is 29.2 Å². The predicted molar refractivity (Wildman–Crippen MR) is 104 cm³/mol. The van der Waals surface area contributed by atoms with E-state index in [1.165, 1.54) is 25.1 Å². The van der Waals surface area contributed by atoms with Crippen molar-refractivity contribution in [1.29, 1.82) is 0 Å². The Morgan fingerprint density at radius 2 is 2.03 bits per heavy atom. The van der Waals surface area contributed by atoms with E-state index in [1.54, 1.807) is 0 Å². The SMILES string of the molecule is C#CCN1C(=O)C(C)(C(=O)O)Cc2cc(Oc3c(F)cc(C(F)(F)F)cc3Cl)ccc21. The molecule has 1 aliphatic heterocycles. The van der Waals surface area contributed by atoms with Gasteiger partial charge < -0.3 is 9.84 Å². The molecule has 1 aliphatic rings. The Morgan fingerprint density at radius 1 is 1.35 bits per heavy atom. The number of aliphatic carboxylic acids is 1. The van der Waals surface area contributed by atoms with Crippen LogP contribution in [0.25, 0.3) is 0 Å². The fourth-order valence-corrected chi connectivity index (χ4v) is 3.49. The van der Waals surface area contributed by atoms with Gasteiger partial charge in [-0.3, -0.25) is 14.5 Å². The molecule has 2 aromatic carbocycles. The maximum atomic E-state index is 14.2. The lowest BCUT2D eigenvalue weighted by molar-refractivity contribution is -0.154. The summed E-state index contributed by atoms with van der Waals surface area (Å²) in [5.41, 5.74) is -2.33. The summed E-state index contributed by atoms with van der Waals surface area (Å²) in [7, 11) is 0. The van der Waals surface area contributed by atoms with Crippen LogP contribution in [0, 0.1) is 23.6 Å². The number of amides is 1. The summed E-state index contributed by atoms with van der Waals surface area (Å²) in [5.74, 6) is -1.70. The van der Waals surface area contributed by atoms with Crippen molar-refractivity contribution in [2.24, 2.45) is 5.41 Å². The number of hydrogen-bond acceptors (Lipinski definition) is 3. The van der Waals surface area contributed by atoms with E-state index in [-0.39, 0.29) is 24.8 Å². The maximum Gasteiger partial charge on any atom is 0.416 e. The molecule has 1 heterocycles. The summed E-state index contributed by atoms with van der Waals surface area (Å²) in [5, 5.41) is 8.97. The fraction of sp³-hybridized carbons (Fsp3) is 0.238. The highest BCUT2D eigenvalue weighted by atomic mass is 35.5. The average molecular weight is 456 g/mol. The zero-order valence-corrected chi connectivity index (χ0v) is 16.6. The molecule has 0 fully saturated rings. The zero-order chi connectivity index (χ0) is 23.1. The zero-order valence-electron chi connectivity index (χ0n) is 15.9. The number of nitrogens with zero attached hydrogens (tertiary/aromatic N) is 1. The van der Waals surface area contributed by atoms with Gasteiger partial charge in [0.05, 0.1) is 17.1 Å². The third-order valence-corrected chi connectivity index (χ3v) is 5.15. The Morgan fingerprint density at radius 3 is 2.58 bits per heavy atom. The van der Waals surface area contributed by atoms with E-state index < -0.39 is 45.6 Å². The van der Waals surface area contributed by atoms with Crippen molar-refractivity contribution in [3.8, 4) is 23.8 Å². The van der Waals surface area contributed by atoms with Gasteiger partial charge in [-0.2, -0.15) is 13.2 Å². The van der Waals surface area contributed by atoms with E-state index in [1.807, 2.05) is 0 Å². The average Bonchev–Trinajstić information content (AvgIpc) is 2.67. The second-order valence-corrected chi connectivity index (χ2v) is 7.48. The topological polar surface area (TPSA) is 66.8 Å². The van der Waals surface area contributed by atoms with E-state index >= 15 is 0 Å². The smallest absolute Gasteiger partial charge is 0.416 e. The van der Waals surface area contributed by atoms with Gasteiger partial charge in [-0.1, -0.05) is 17.5 Å². The molecule has 1 amide bonds. The first-order valence-electron chi connectivity index (χ1n) is 8.74. The molecular weight excluding hydrogens is 442 g/mol. The van der Waals surface area contributed by atoms with Crippen LogP contribution >= 0.6 is 11.6 Å². The number of alkyl halides is 3. The van der Waals surface area contributed by atoms with Crippen molar-refractivity contribution in [2.45, 2.75) is 19.5 Å². The van der Waals surface area contributed by atoms with Crippen LogP contribution in [-0.4, -0.2) is 23.5 Å². The molecular formula is C21H14ClF4NO4. The number of ether oxygens (including phenoxy) is 1. The summed E-state index contributed by atoms with van der Waals surface area (Å²) < 4.78 is 58.0. The minimum Gasteiger partial charge on any atom is -0.480 e. The summed E-state index contributed by atoms with van der Waals surface area (Å²) in [6, 6.07) is 4.92. The first kappa shape index (κ1) is 22.4. The molecule has 1 atom stereocenters. The molecule has 1 unspecified atom stereocenters. The molecule has 0 radical (unpaired) electrons. The Labute approximate surface area is 179 Å². The van der Waals surface area contributed by atoms with Gasteiger partial charge in [-0.15, -0.1) is 6.42 Å². The van der Waals surface area contributed by atoms with E-state index in [4.69, 9.17) is 22.8 Å². The maximum absolute atomic E-state index is 14.2. The van der Waals surface area contributed by atoms with Gasteiger partial charge in [-0.25, -0.2) is 4.39 Å². The highest BCUT2D eigenvalue weighted by Gasteiger charge is 2.48. The quantitative estimate of drug-likeness (QED) is 0.404. The number of carbonyl (C=O) groups is 2. The second kappa shape index (κ2) is 7.78. The largest absolute Gasteiger partial charge is 0.480 e. The molecule has 0 aliphatic carbocycles. The second-order valence-electron chi connectivity index (χ2n) is 7.07. The summed E-state index contributed by atoms with van der Waals surface area (Å²) in [6.07, 6.45) is 0.314. The Balaban J connectivity index is 2.02. The van der Waals surface area contributed by atoms with E-state index in [2.05, 4.69) is 5.92 Å². The van der Waals surface area contributed by atoms with Gasteiger partial charge in [0.15, 0.2) is 11.6 Å². The van der Waals surface area contributed by atoms with Crippen molar-refractivity contribution in [1.82, 2.24) is 0 Å². The lowest BCUT2D eigenvalue weighted by Gasteiger charge is -2.37. The number of hydrogen-bond donors (Lipinski definition) is 1. The van der Waals surface area contributed by atoms with Crippen LogP contribution < -0.4 is 9.64 Å². The summed E-state index contributed by atoms with van der Waals surface area (Å²) >= 11 is 5.79. The van der Waals surface area contributed by atoms with Gasteiger partial charge in [0.25, 0.3) is 0 Å². The molecule has 31 heavy (non-hydrogen) atoms. The van der Waals surface area contributed by atoms with Crippen LogP contribution in [0.2, 0.25) is 5.02 Å². The van der Waals surface area contributed by atoms with Gasteiger partial charge in [0.2, 0.25) is 5.91 Å². The molecule has 0 saturated carbocycles. The lowest BCUT2D eigenvalue weighted by Crippen LogP contribution is -2.52. The predicted octanol–water partition coefficient (Wildman–Crippen LogP) is 4.90. The molecule has 162 valence electrons. The number of fused-ring (bicyclic) bond motifs is 1. The van der Waals surface area contributed by atoms with Crippen LogP contribution in [0.15, 0.2) is 30.3 Å². The van der Waals surface area contributed by atoms with Crippen LogP contribution in [0.1, 0.15) is 18.1 Å². The van der Waals surface area contributed by atoms with E-state index in [9.17, 15) is 32.3 Å². The number of halogens is 5. The molecule has 10 heteroatoms. The number of carboxylic acids is 1. The molecule has 0 saturated heterocycles. The van der Waals surface area contributed by atoms with Crippen LogP contribution in [0.5, 0.6) is 11.5 Å². The Bertz CT molecular complexity index is 1100. The standard InChI is InChI=1S/C21H14ClF4NO4/c1-3-6-27-16-5-4-13(7-11(16)10-20(2,18(27)28)19(29)30)31-17-14(22)8-12(9-15(17)23)21(24,25)26/h1,4-5,7-9H,6,10H2,2H3,(H,29,30). The highest BCUT2D eigenvalue weighted by molar-refractivity contribution is 6.32. The molecule has 1 N–H and O–H groups in total. The number of terminal acetylenes is 1. The Hall–Kier alpha value is -3.25. The minimum atomic E-state index is -4.79. The molecule has 2 aromatic rings. The van der Waals surface area contributed by atoms with Crippen molar-refractivity contribution in [3.63, 3.8) is 0 Å². The minimum absolute atomic E-state index is 0.0120. The highest BCUT2D eigenvalue weighted by Crippen LogP contribution is 2.42. The third kappa shape index (κ3) is 4.03. The van der Waals surface area contributed by atoms with Crippen LogP contribution in [0.4, 0.5) is 23.2 Å². The molecule has 3 rings (SSSR count). The number of benzene rings is 2. The van der Waals surface area contributed by atoms with Crippen molar-refractivity contribution in [3.05, 3.63) is 52.3 Å². The normalized spacial score (nSPS) is 18.4. The number of carbonyl (C=O) groups excluding carboxylic acids is 1. The molecule has 0 spiro atoms. The van der Waals surface area contributed by atoms with E-state index in [0.717, 1.165) is 4.90 Å². The fourth-order valence-electron chi connectivity index (χ4n) is 3.25. The molecule has 0 aromatic heterocycles. The first-order chi connectivity index (χ1) is 14.4. The Kier molecular flexibility index (Phi) is 5.63. The molecule has 5 nitrogen and oxygen atoms in total. The van der Waals surface area contributed by atoms with Gasteiger partial charge in [0, 0.05) is 5.69 Å². The summed E-state index contributed by atoms with van der Waals surface area (Å²) in [4.78, 5) is 25.6. The van der Waals surface area contributed by atoms with E-state index in [0.29, 0.717) is 17.3 Å². The lowest BCUT2D eigenvalue weighted by atomic mass is 9.78. The van der Waals surface area contributed by atoms with Crippen molar-refractivity contribution < 1.29 is 37.0 Å². The first-order valence-corrected chi connectivity index (χ1v) is 9.12. The van der Waals surface area contributed by atoms with Crippen LogP contribution in [-0.2, 0) is 22.2 Å². The van der Waals surface area contributed by atoms with Gasteiger partial charge >= 0.3 is 12.1 Å². The third-order valence-electron chi connectivity index (χ3n) is 4.87. The van der Waals surface area contributed by atoms with Crippen molar-refractivity contribution in [2.75, 3.05) is 11.4 Å². The number of anilines is 1. The van der Waals surface area contributed by atoms with Gasteiger partial charge in [-0.05, 0) is 49.2 Å². The number of carboxylic acid groups (broad SMARTS) is 1. The van der Waals surface area contributed by atoms with Gasteiger partial charge in [0.1, 0.15) is 11.2 Å². The van der Waals surface area contributed by atoms with Crippen LogP contribution in [0.3, 0.4) is 0 Å². The summed E-state index contributed by atoms with van der Waals surface area (Å²) in [6.45, 7) is 1.08. The number of rotatable bonds is 4. The monoisotopic (exact) mass is 455 g/mol. The molecule has 0 bridgehead atoms.